The first-order chi connectivity index (χ1) is 13.0. The highest BCUT2D eigenvalue weighted by Gasteiger charge is 2.24. The van der Waals surface area contributed by atoms with Crippen molar-refractivity contribution in [3.8, 4) is 5.75 Å². The first-order valence-corrected chi connectivity index (χ1v) is 9.23. The predicted octanol–water partition coefficient (Wildman–Crippen LogP) is 3.63. The number of aryl methyl sites for hydroxylation is 1. The van der Waals surface area contributed by atoms with Crippen LogP contribution in [0.1, 0.15) is 36.5 Å². The molecule has 0 aliphatic carbocycles. The number of esters is 1. The van der Waals surface area contributed by atoms with Crippen LogP contribution in [0.4, 0.5) is 5.69 Å². The lowest BCUT2D eigenvalue weighted by atomic mass is 10.0. The van der Waals surface area contributed by atoms with Crippen molar-refractivity contribution in [2.75, 3.05) is 24.7 Å². The summed E-state index contributed by atoms with van der Waals surface area (Å²) in [6, 6.07) is 13.8. The van der Waals surface area contributed by atoms with E-state index in [-0.39, 0.29) is 19.1 Å². The third kappa shape index (κ3) is 4.48. The molecule has 1 aliphatic heterocycles. The lowest BCUT2D eigenvalue weighted by Crippen LogP contribution is -2.33. The molecule has 1 heterocycles. The number of hydrogen-bond acceptors (Lipinski definition) is 4. The number of nitrogens with zero attached hydrogens (tertiary/aromatic N) is 1. The quantitative estimate of drug-likeness (QED) is 0.732. The maximum absolute atomic E-state index is 12.4. The number of fused-ring (bicyclic) bond motifs is 1. The molecule has 2 aromatic rings. The average Bonchev–Trinajstić information content (AvgIpc) is 3.09. The molecule has 0 spiro atoms. The third-order valence-electron chi connectivity index (χ3n) is 4.77. The number of carbonyl (C=O) groups is 2. The van der Waals surface area contributed by atoms with Crippen LogP contribution in [0, 0.1) is 6.92 Å². The Morgan fingerprint density at radius 1 is 1.11 bits per heavy atom. The summed E-state index contributed by atoms with van der Waals surface area (Å²) in [7, 11) is 0. The second-order valence-electron chi connectivity index (χ2n) is 7.05. The maximum atomic E-state index is 12.4. The van der Waals surface area contributed by atoms with E-state index < -0.39 is 5.97 Å². The van der Waals surface area contributed by atoms with Gasteiger partial charge in [0.2, 0.25) is 0 Å². The van der Waals surface area contributed by atoms with Crippen LogP contribution in [0.3, 0.4) is 0 Å². The van der Waals surface area contributed by atoms with Crippen LogP contribution >= 0.6 is 0 Å². The van der Waals surface area contributed by atoms with Gasteiger partial charge in [-0.05, 0) is 48.1 Å². The van der Waals surface area contributed by atoms with E-state index in [1.807, 2.05) is 43.3 Å². The Morgan fingerprint density at radius 3 is 2.67 bits per heavy atom. The number of benzene rings is 2. The third-order valence-corrected chi connectivity index (χ3v) is 4.77. The summed E-state index contributed by atoms with van der Waals surface area (Å²) in [6.07, 6.45) is 0.824. The number of para-hydroxylation sites is 1. The number of rotatable bonds is 6. The van der Waals surface area contributed by atoms with Crippen molar-refractivity contribution in [1.29, 1.82) is 0 Å². The number of carbonyl (C=O) groups excluding carboxylic acids is 2. The zero-order valence-corrected chi connectivity index (χ0v) is 16.0. The van der Waals surface area contributed by atoms with Crippen LogP contribution in [-0.2, 0) is 20.7 Å². The van der Waals surface area contributed by atoms with Crippen molar-refractivity contribution in [2.45, 2.75) is 33.1 Å². The molecule has 0 atom stereocenters. The Bertz CT molecular complexity index is 844. The van der Waals surface area contributed by atoms with Gasteiger partial charge in [0.1, 0.15) is 5.75 Å². The van der Waals surface area contributed by atoms with Crippen molar-refractivity contribution in [3.63, 3.8) is 0 Å². The minimum atomic E-state index is -0.551. The largest absolute Gasteiger partial charge is 0.482 e. The molecule has 5 heteroatoms. The molecule has 0 bridgehead atoms. The maximum Gasteiger partial charge on any atom is 0.344 e. The molecule has 0 fully saturated rings. The fraction of sp³-hybridized carbons (Fsp3) is 0.364. The SMILES string of the molecule is Cc1ccc(C(C)C)cc1OCC(=O)OCC(=O)N1CCc2ccccc21. The Labute approximate surface area is 159 Å². The van der Waals surface area contributed by atoms with Gasteiger partial charge in [-0.1, -0.05) is 44.2 Å². The van der Waals surface area contributed by atoms with E-state index in [1.165, 1.54) is 0 Å². The molecule has 0 saturated heterocycles. The smallest absolute Gasteiger partial charge is 0.344 e. The summed E-state index contributed by atoms with van der Waals surface area (Å²) in [4.78, 5) is 26.0. The van der Waals surface area contributed by atoms with E-state index in [1.54, 1.807) is 4.90 Å². The Balaban J connectivity index is 1.51. The van der Waals surface area contributed by atoms with E-state index in [0.717, 1.165) is 28.8 Å². The van der Waals surface area contributed by atoms with Gasteiger partial charge in [-0.3, -0.25) is 4.79 Å². The predicted molar refractivity (Wildman–Crippen MR) is 104 cm³/mol. The van der Waals surface area contributed by atoms with Crippen molar-refractivity contribution in [3.05, 3.63) is 59.2 Å². The Kier molecular flexibility index (Phi) is 5.79. The summed E-state index contributed by atoms with van der Waals surface area (Å²) in [6.45, 7) is 6.26. The van der Waals surface area contributed by atoms with Gasteiger partial charge >= 0.3 is 5.97 Å². The minimum Gasteiger partial charge on any atom is -0.482 e. The second-order valence-corrected chi connectivity index (χ2v) is 7.05. The summed E-state index contributed by atoms with van der Waals surface area (Å²) in [5.74, 6) is 0.273. The van der Waals surface area contributed by atoms with E-state index in [0.29, 0.717) is 18.2 Å². The van der Waals surface area contributed by atoms with E-state index in [4.69, 9.17) is 9.47 Å². The van der Waals surface area contributed by atoms with Gasteiger partial charge in [0.25, 0.3) is 5.91 Å². The summed E-state index contributed by atoms with van der Waals surface area (Å²) < 4.78 is 10.7. The van der Waals surface area contributed by atoms with Crippen molar-refractivity contribution in [1.82, 2.24) is 0 Å². The van der Waals surface area contributed by atoms with Crippen molar-refractivity contribution in [2.24, 2.45) is 0 Å². The number of anilines is 1. The first-order valence-electron chi connectivity index (χ1n) is 9.23. The van der Waals surface area contributed by atoms with Crippen LogP contribution in [-0.4, -0.2) is 31.6 Å². The fourth-order valence-corrected chi connectivity index (χ4v) is 3.13. The van der Waals surface area contributed by atoms with Gasteiger partial charge in [0.05, 0.1) is 0 Å². The van der Waals surface area contributed by atoms with Gasteiger partial charge < -0.3 is 14.4 Å². The van der Waals surface area contributed by atoms with Gasteiger partial charge in [0.15, 0.2) is 13.2 Å². The molecule has 0 radical (unpaired) electrons. The molecule has 3 rings (SSSR count). The van der Waals surface area contributed by atoms with Crippen LogP contribution in [0.5, 0.6) is 5.75 Å². The Hall–Kier alpha value is -2.82. The molecule has 0 unspecified atom stereocenters. The van der Waals surface area contributed by atoms with Gasteiger partial charge in [-0.2, -0.15) is 0 Å². The topological polar surface area (TPSA) is 55.8 Å². The second kappa shape index (κ2) is 8.25. The lowest BCUT2D eigenvalue weighted by Gasteiger charge is -2.17. The minimum absolute atomic E-state index is 0.216. The number of amides is 1. The summed E-state index contributed by atoms with van der Waals surface area (Å²) >= 11 is 0. The summed E-state index contributed by atoms with van der Waals surface area (Å²) in [5.41, 5.74) is 4.14. The molecular formula is C22H25NO4. The zero-order chi connectivity index (χ0) is 19.4. The van der Waals surface area contributed by atoms with E-state index in [2.05, 4.69) is 19.9 Å². The molecule has 1 aliphatic rings. The summed E-state index contributed by atoms with van der Waals surface area (Å²) in [5, 5.41) is 0. The van der Waals surface area contributed by atoms with Crippen LogP contribution in [0.25, 0.3) is 0 Å². The van der Waals surface area contributed by atoms with Crippen LogP contribution in [0.2, 0.25) is 0 Å². The highest BCUT2D eigenvalue weighted by Crippen LogP contribution is 2.27. The van der Waals surface area contributed by atoms with E-state index in [9.17, 15) is 9.59 Å². The highest BCUT2D eigenvalue weighted by molar-refractivity contribution is 5.97. The normalized spacial score (nSPS) is 12.8. The molecule has 5 nitrogen and oxygen atoms in total. The van der Waals surface area contributed by atoms with Crippen LogP contribution in [0.15, 0.2) is 42.5 Å². The fourth-order valence-electron chi connectivity index (χ4n) is 3.13. The van der Waals surface area contributed by atoms with Crippen molar-refractivity contribution >= 4 is 17.6 Å². The number of ether oxygens (including phenoxy) is 2. The molecule has 0 saturated carbocycles. The van der Waals surface area contributed by atoms with Gasteiger partial charge in [-0.25, -0.2) is 4.79 Å². The first kappa shape index (κ1) is 19.0. The average molecular weight is 367 g/mol. The number of hydrogen-bond donors (Lipinski definition) is 0. The van der Waals surface area contributed by atoms with Gasteiger partial charge in [-0.15, -0.1) is 0 Å². The molecular weight excluding hydrogens is 342 g/mol. The lowest BCUT2D eigenvalue weighted by molar-refractivity contribution is -0.149. The molecule has 142 valence electrons. The molecule has 1 amide bonds. The standard InChI is InChI=1S/C22H25NO4/c1-15(2)18-9-8-16(3)20(12-18)26-14-22(25)27-13-21(24)23-11-10-17-6-4-5-7-19(17)23/h4-9,12,15H,10-11,13-14H2,1-3H3. The van der Waals surface area contributed by atoms with Gasteiger partial charge in [0, 0.05) is 12.2 Å². The zero-order valence-electron chi connectivity index (χ0n) is 16.0. The monoisotopic (exact) mass is 367 g/mol. The molecule has 0 aromatic heterocycles. The molecule has 2 aromatic carbocycles. The van der Waals surface area contributed by atoms with E-state index >= 15 is 0 Å². The molecule has 27 heavy (non-hydrogen) atoms. The highest BCUT2D eigenvalue weighted by atomic mass is 16.6. The Morgan fingerprint density at radius 2 is 1.89 bits per heavy atom. The molecule has 0 N–H and O–H groups in total. The van der Waals surface area contributed by atoms with Crippen molar-refractivity contribution < 1.29 is 19.1 Å². The van der Waals surface area contributed by atoms with Crippen LogP contribution < -0.4 is 9.64 Å².